The Hall–Kier alpha value is -3.96. The number of rotatable bonds is 8. The number of amides is 2. The second-order valence-electron chi connectivity index (χ2n) is 11.8. The molecule has 228 valence electrons. The van der Waals surface area contributed by atoms with E-state index in [0.717, 1.165) is 38.9 Å². The van der Waals surface area contributed by atoms with Crippen molar-refractivity contribution >= 4 is 27.1 Å². The first kappa shape index (κ1) is 30.5. The van der Waals surface area contributed by atoms with Crippen LogP contribution >= 0.6 is 0 Å². The average Bonchev–Trinajstić information content (AvgIpc) is 3.34. The third-order valence-electron chi connectivity index (χ3n) is 8.44. The molecule has 3 N–H and O–H groups in total. The van der Waals surface area contributed by atoms with Crippen LogP contribution in [0.1, 0.15) is 67.9 Å². The quantitative estimate of drug-likeness (QED) is 0.291. The fraction of sp³-hybridized carbons (Fsp3) is 0.406. The smallest absolute Gasteiger partial charge is 0.312 e. The van der Waals surface area contributed by atoms with E-state index in [1.807, 2.05) is 70.5 Å². The van der Waals surface area contributed by atoms with Gasteiger partial charge in [-0.25, -0.2) is 17.9 Å². The van der Waals surface area contributed by atoms with Gasteiger partial charge in [-0.05, 0) is 87.1 Å². The molecule has 2 heterocycles. The second kappa shape index (κ2) is 11.6. The third kappa shape index (κ3) is 5.71. The number of primary amides is 1. The van der Waals surface area contributed by atoms with E-state index in [0.29, 0.717) is 18.7 Å². The first-order valence-electron chi connectivity index (χ1n) is 14.6. The van der Waals surface area contributed by atoms with Crippen LogP contribution in [-0.2, 0) is 23.1 Å². The van der Waals surface area contributed by atoms with Crippen molar-refractivity contribution in [3.05, 3.63) is 82.4 Å². The Kier molecular flexibility index (Phi) is 8.24. The fourth-order valence-electron chi connectivity index (χ4n) is 6.14. The van der Waals surface area contributed by atoms with Crippen LogP contribution in [0.5, 0.6) is 5.75 Å². The van der Waals surface area contributed by atoms with Crippen molar-refractivity contribution in [2.45, 2.75) is 83.5 Å². The van der Waals surface area contributed by atoms with Crippen LogP contribution in [0.15, 0.2) is 59.5 Å². The van der Waals surface area contributed by atoms with Gasteiger partial charge in [-0.3, -0.25) is 0 Å². The lowest BCUT2D eigenvalue weighted by atomic mass is 9.75. The zero-order chi connectivity index (χ0) is 31.1. The Balaban J connectivity index is 1.62. The van der Waals surface area contributed by atoms with E-state index in [9.17, 15) is 13.2 Å². The molecule has 10 nitrogen and oxygen atoms in total. The van der Waals surface area contributed by atoms with Crippen molar-refractivity contribution in [2.24, 2.45) is 5.73 Å². The largest absolute Gasteiger partial charge is 0.488 e. The number of benzene rings is 3. The van der Waals surface area contributed by atoms with Crippen LogP contribution in [0.25, 0.3) is 11.0 Å². The number of carbonyl (C=O) groups excluding carboxylic acids is 1. The van der Waals surface area contributed by atoms with Crippen molar-refractivity contribution in [3.63, 3.8) is 0 Å². The highest BCUT2D eigenvalue weighted by atomic mass is 32.2. The lowest BCUT2D eigenvalue weighted by molar-refractivity contribution is 0.168. The van der Waals surface area contributed by atoms with E-state index in [-0.39, 0.29) is 30.0 Å². The highest BCUT2D eigenvalue weighted by molar-refractivity contribution is 7.89. The Bertz CT molecular complexity index is 1780. The van der Waals surface area contributed by atoms with Crippen LogP contribution in [0.4, 0.5) is 4.79 Å². The molecule has 0 aliphatic carbocycles. The number of aryl methyl sites for hydroxylation is 3. The predicted octanol–water partition coefficient (Wildman–Crippen LogP) is 5.01. The van der Waals surface area contributed by atoms with Crippen molar-refractivity contribution in [1.29, 1.82) is 0 Å². The molecule has 43 heavy (non-hydrogen) atoms. The van der Waals surface area contributed by atoms with Gasteiger partial charge in [0.25, 0.3) is 0 Å². The molecule has 11 heteroatoms. The van der Waals surface area contributed by atoms with Crippen LogP contribution in [-0.4, -0.2) is 51.9 Å². The molecule has 5 rings (SSSR count). The molecule has 0 spiro atoms. The number of sulfonamides is 1. The SMILES string of the molecule is CC[C@@H]1CN(Cc2cc(C(c3ccc4c(nnn4CC)c3C)C(C)(C)NC(N)=O)ccc2C)S(=O)(=O)c2ccccc2O1. The topological polar surface area (TPSA) is 132 Å². The summed E-state index contributed by atoms with van der Waals surface area (Å²) in [5, 5.41) is 11.7. The van der Waals surface area contributed by atoms with Gasteiger partial charge in [0.05, 0.1) is 12.1 Å². The number of ether oxygens (including phenoxy) is 1. The molecule has 1 aliphatic heterocycles. The molecule has 0 fully saturated rings. The Morgan fingerprint density at radius 2 is 1.88 bits per heavy atom. The van der Waals surface area contributed by atoms with Gasteiger partial charge < -0.3 is 15.8 Å². The van der Waals surface area contributed by atoms with Crippen LogP contribution in [0, 0.1) is 13.8 Å². The summed E-state index contributed by atoms with van der Waals surface area (Å²) < 4.78 is 37.3. The Labute approximate surface area is 253 Å². The summed E-state index contributed by atoms with van der Waals surface area (Å²) in [4.78, 5) is 12.3. The minimum Gasteiger partial charge on any atom is -0.488 e. The van der Waals surface area contributed by atoms with Gasteiger partial charge in [0.2, 0.25) is 10.0 Å². The first-order valence-corrected chi connectivity index (χ1v) is 16.1. The fourth-order valence-corrected chi connectivity index (χ4v) is 7.71. The molecule has 1 unspecified atom stereocenters. The molecule has 1 aliphatic rings. The van der Waals surface area contributed by atoms with Crippen molar-refractivity contribution in [2.75, 3.05) is 6.54 Å². The monoisotopic (exact) mass is 604 g/mol. The summed E-state index contributed by atoms with van der Waals surface area (Å²) in [6, 6.07) is 16.3. The molecule has 0 saturated heterocycles. The van der Waals surface area contributed by atoms with Crippen molar-refractivity contribution in [1.82, 2.24) is 24.6 Å². The molecule has 1 aromatic heterocycles. The minimum absolute atomic E-state index is 0.175. The molecule has 0 radical (unpaired) electrons. The van der Waals surface area contributed by atoms with Gasteiger partial charge in [0, 0.05) is 24.5 Å². The number of nitrogens with zero attached hydrogens (tertiary/aromatic N) is 4. The molecule has 3 aromatic carbocycles. The van der Waals surface area contributed by atoms with Crippen molar-refractivity contribution < 1.29 is 17.9 Å². The summed E-state index contributed by atoms with van der Waals surface area (Å²) in [6.07, 6.45) is 0.387. The number of hydrogen-bond acceptors (Lipinski definition) is 6. The van der Waals surface area contributed by atoms with Gasteiger partial charge in [-0.2, -0.15) is 4.31 Å². The van der Waals surface area contributed by atoms with E-state index in [2.05, 4.69) is 21.7 Å². The maximum atomic E-state index is 13.9. The highest BCUT2D eigenvalue weighted by Crippen LogP contribution is 2.40. The van der Waals surface area contributed by atoms with E-state index in [1.54, 1.807) is 24.3 Å². The van der Waals surface area contributed by atoms with Crippen LogP contribution in [0.2, 0.25) is 0 Å². The maximum Gasteiger partial charge on any atom is 0.312 e. The molecule has 0 bridgehead atoms. The van der Waals surface area contributed by atoms with E-state index in [1.165, 1.54) is 4.31 Å². The number of urea groups is 1. The van der Waals surface area contributed by atoms with Gasteiger partial charge in [0.15, 0.2) is 0 Å². The number of hydrogen-bond donors (Lipinski definition) is 2. The molecule has 0 saturated carbocycles. The first-order chi connectivity index (χ1) is 20.4. The molecule has 4 aromatic rings. The van der Waals surface area contributed by atoms with E-state index >= 15 is 0 Å². The number of nitrogens with one attached hydrogen (secondary N) is 1. The zero-order valence-corrected chi connectivity index (χ0v) is 26.4. The lowest BCUT2D eigenvalue weighted by Crippen LogP contribution is -2.50. The second-order valence-corrected chi connectivity index (χ2v) is 13.7. The molecular formula is C32H40N6O4S. The number of carbonyl (C=O) groups is 1. The van der Waals surface area contributed by atoms with Crippen molar-refractivity contribution in [3.8, 4) is 5.75 Å². The molecule has 2 amide bonds. The average molecular weight is 605 g/mol. The van der Waals surface area contributed by atoms with E-state index in [4.69, 9.17) is 10.5 Å². The standard InChI is InChI=1S/C32H40N6O4S/c1-7-24-19-37(43(40,41)28-12-10-9-11-27(28)42-24)18-23-17-22(14-13-20(23)3)29(32(5,6)34-31(33)39)25-15-16-26-30(21(25)4)35-36-38(26)8-2/h9-17,24,29H,7-8,18-19H2,1-6H3,(H3,33,34,39)/t24-,29?/m1/s1. The van der Waals surface area contributed by atoms with Crippen LogP contribution < -0.4 is 15.8 Å². The van der Waals surface area contributed by atoms with Gasteiger partial charge in [-0.15, -0.1) is 5.10 Å². The van der Waals surface area contributed by atoms with E-state index < -0.39 is 21.6 Å². The summed E-state index contributed by atoms with van der Waals surface area (Å²) >= 11 is 0. The normalized spacial score (nSPS) is 17.6. The summed E-state index contributed by atoms with van der Waals surface area (Å²) in [7, 11) is -3.82. The summed E-state index contributed by atoms with van der Waals surface area (Å²) in [5.74, 6) is 0.0521. The lowest BCUT2D eigenvalue weighted by Gasteiger charge is -2.37. The highest BCUT2D eigenvalue weighted by Gasteiger charge is 2.37. The van der Waals surface area contributed by atoms with Crippen LogP contribution in [0.3, 0.4) is 0 Å². The van der Waals surface area contributed by atoms with Gasteiger partial charge >= 0.3 is 6.03 Å². The summed E-state index contributed by atoms with van der Waals surface area (Å²) in [6.45, 7) is 13.0. The molecule has 2 atom stereocenters. The zero-order valence-electron chi connectivity index (χ0n) is 25.6. The number of para-hydroxylation sites is 1. The van der Waals surface area contributed by atoms with Gasteiger partial charge in [-0.1, -0.05) is 48.5 Å². The van der Waals surface area contributed by atoms with Gasteiger partial charge in [0.1, 0.15) is 22.3 Å². The minimum atomic E-state index is -3.82. The maximum absolute atomic E-state index is 13.9. The predicted molar refractivity (Wildman–Crippen MR) is 167 cm³/mol. The Morgan fingerprint density at radius 3 is 2.58 bits per heavy atom. The number of nitrogens with two attached hydrogens (primary N) is 1. The molecular weight excluding hydrogens is 564 g/mol. The Morgan fingerprint density at radius 1 is 1.14 bits per heavy atom. The number of aromatic nitrogens is 3. The number of fused-ring (bicyclic) bond motifs is 2. The third-order valence-corrected chi connectivity index (χ3v) is 10.3. The summed E-state index contributed by atoms with van der Waals surface area (Å²) in [5.41, 5.74) is 11.3.